The van der Waals surface area contributed by atoms with E-state index >= 15 is 0 Å². The molecule has 0 aliphatic carbocycles. The van der Waals surface area contributed by atoms with Gasteiger partial charge in [-0.3, -0.25) is 0 Å². The monoisotopic (exact) mass is 176 g/mol. The maximum absolute atomic E-state index is 12.3. The lowest BCUT2D eigenvalue weighted by Gasteiger charge is -2.12. The number of alkyl halides is 2. The minimum absolute atomic E-state index is 0.0519. The lowest BCUT2D eigenvalue weighted by molar-refractivity contribution is -0.158. The van der Waals surface area contributed by atoms with E-state index in [0.29, 0.717) is 6.92 Å². The summed E-state index contributed by atoms with van der Waals surface area (Å²) in [5.41, 5.74) is 0. The van der Waals surface area contributed by atoms with E-state index in [1.165, 1.54) is 0 Å². The van der Waals surface area contributed by atoms with Crippen LogP contribution in [0.3, 0.4) is 0 Å². The molecule has 0 aromatic heterocycles. The molecule has 1 nitrogen and oxygen atoms in total. The molecule has 0 atom stereocenters. The van der Waals surface area contributed by atoms with Gasteiger partial charge >= 0.3 is 6.11 Å². The maximum Gasteiger partial charge on any atom is 0.394 e. The minimum atomic E-state index is -3.22. The zero-order valence-corrected chi connectivity index (χ0v) is 6.35. The number of hydrogen-bond donors (Lipinski definition) is 0. The van der Waals surface area contributed by atoms with Gasteiger partial charge in [0.25, 0.3) is 0 Å². The summed E-state index contributed by atoms with van der Waals surface area (Å²) in [5.74, 6) is -0.536. The first-order valence-corrected chi connectivity index (χ1v) is 3.30. The van der Waals surface area contributed by atoms with Crippen LogP contribution in [-0.4, -0.2) is 6.11 Å². The molecule has 0 spiro atoms. The van der Waals surface area contributed by atoms with Crippen molar-refractivity contribution in [3.63, 3.8) is 0 Å². The highest BCUT2D eigenvalue weighted by Crippen LogP contribution is 2.20. The second-order valence-corrected chi connectivity index (χ2v) is 2.36. The zero-order valence-electron chi connectivity index (χ0n) is 6.35. The smallest absolute Gasteiger partial charge is 0.394 e. The topological polar surface area (TPSA) is 9.23 Å². The highest BCUT2D eigenvalue weighted by Gasteiger charge is 2.22. The molecule has 4 heteroatoms. The van der Waals surface area contributed by atoms with E-state index in [2.05, 4.69) is 4.74 Å². The van der Waals surface area contributed by atoms with Crippen LogP contribution in [0.2, 0.25) is 0 Å². The van der Waals surface area contributed by atoms with Gasteiger partial charge < -0.3 is 4.74 Å². The summed E-state index contributed by atoms with van der Waals surface area (Å²) >= 11 is 0. The normalized spacial score (nSPS) is 11.3. The van der Waals surface area contributed by atoms with E-state index < -0.39 is 11.9 Å². The van der Waals surface area contributed by atoms with E-state index in [0.717, 1.165) is 24.3 Å². The van der Waals surface area contributed by atoms with Crippen molar-refractivity contribution in [2.45, 2.75) is 13.0 Å². The molecular weight excluding hydrogens is 169 g/mol. The predicted octanol–water partition coefficient (Wildman–Crippen LogP) is 2.82. The van der Waals surface area contributed by atoms with Crippen molar-refractivity contribution >= 4 is 0 Å². The van der Waals surface area contributed by atoms with Gasteiger partial charge in [0.1, 0.15) is 11.6 Å². The van der Waals surface area contributed by atoms with Crippen LogP contribution in [0.25, 0.3) is 0 Å². The van der Waals surface area contributed by atoms with Gasteiger partial charge in [0.15, 0.2) is 0 Å². The van der Waals surface area contributed by atoms with Crippen LogP contribution in [0.15, 0.2) is 24.3 Å². The maximum atomic E-state index is 12.3. The lowest BCUT2D eigenvalue weighted by Crippen LogP contribution is -2.18. The molecule has 0 aliphatic rings. The summed E-state index contributed by atoms with van der Waals surface area (Å²) in [5, 5.41) is 0. The number of rotatable bonds is 2. The van der Waals surface area contributed by atoms with Crippen LogP contribution in [0, 0.1) is 5.82 Å². The molecule has 66 valence electrons. The summed E-state index contributed by atoms with van der Waals surface area (Å²) in [6, 6.07) is 4.40. The second kappa shape index (κ2) is 3.05. The average Bonchev–Trinajstić information content (AvgIpc) is 1.91. The van der Waals surface area contributed by atoms with Crippen molar-refractivity contribution in [2.75, 3.05) is 0 Å². The SMILES string of the molecule is CC(F)(F)Oc1ccc(F)cc1. The van der Waals surface area contributed by atoms with E-state index in [1.54, 1.807) is 0 Å². The van der Waals surface area contributed by atoms with Crippen molar-refractivity contribution in [2.24, 2.45) is 0 Å². The standard InChI is InChI=1S/C8H7F3O/c1-8(10,11)12-7-4-2-6(9)3-5-7/h2-5H,1H3. The predicted molar refractivity (Wildman–Crippen MR) is 37.6 cm³/mol. The van der Waals surface area contributed by atoms with Crippen molar-refractivity contribution in [3.05, 3.63) is 30.1 Å². The molecule has 0 radical (unpaired) electrons. The van der Waals surface area contributed by atoms with E-state index in [1.807, 2.05) is 0 Å². The Bertz CT molecular complexity index is 250. The summed E-state index contributed by atoms with van der Waals surface area (Å²) in [6.07, 6.45) is -3.22. The molecule has 1 rings (SSSR count). The molecule has 0 unspecified atom stereocenters. The fourth-order valence-corrected chi connectivity index (χ4v) is 0.710. The van der Waals surface area contributed by atoms with Gasteiger partial charge in [0.05, 0.1) is 0 Å². The fraction of sp³-hybridized carbons (Fsp3) is 0.250. The molecule has 0 saturated carbocycles. The van der Waals surface area contributed by atoms with Crippen LogP contribution in [-0.2, 0) is 0 Å². The Morgan fingerprint density at radius 2 is 1.67 bits per heavy atom. The van der Waals surface area contributed by atoms with Crippen LogP contribution in [0.4, 0.5) is 13.2 Å². The molecule has 0 N–H and O–H groups in total. The Labute approximate surface area is 67.8 Å². The zero-order chi connectivity index (χ0) is 9.19. The van der Waals surface area contributed by atoms with Crippen LogP contribution in [0.1, 0.15) is 6.92 Å². The second-order valence-electron chi connectivity index (χ2n) is 2.36. The van der Waals surface area contributed by atoms with Gasteiger partial charge in [-0.05, 0) is 24.3 Å². The molecule has 0 saturated heterocycles. The number of halogens is 3. The summed E-state index contributed by atoms with van der Waals surface area (Å²) in [4.78, 5) is 0. The molecule has 0 fully saturated rings. The first-order chi connectivity index (χ1) is 5.47. The van der Waals surface area contributed by atoms with Gasteiger partial charge in [-0.15, -0.1) is 0 Å². The highest BCUT2D eigenvalue weighted by atomic mass is 19.3. The van der Waals surface area contributed by atoms with Gasteiger partial charge in [-0.25, -0.2) is 4.39 Å². The highest BCUT2D eigenvalue weighted by molar-refractivity contribution is 5.22. The summed E-state index contributed by atoms with van der Waals surface area (Å²) < 4.78 is 40.8. The van der Waals surface area contributed by atoms with Crippen molar-refractivity contribution in [1.29, 1.82) is 0 Å². The Morgan fingerprint density at radius 1 is 1.17 bits per heavy atom. The third kappa shape index (κ3) is 2.82. The molecule has 0 amide bonds. The summed E-state index contributed by atoms with van der Waals surface area (Å²) in [7, 11) is 0. The first kappa shape index (κ1) is 8.90. The molecule has 1 aromatic carbocycles. The largest absolute Gasteiger partial charge is 0.433 e. The lowest BCUT2D eigenvalue weighted by atomic mass is 10.3. The molecule has 0 bridgehead atoms. The van der Waals surface area contributed by atoms with Crippen LogP contribution < -0.4 is 4.74 Å². The van der Waals surface area contributed by atoms with Gasteiger partial charge in [0, 0.05) is 6.92 Å². The Balaban J connectivity index is 2.71. The van der Waals surface area contributed by atoms with Gasteiger partial charge in [-0.2, -0.15) is 8.78 Å². The number of ether oxygens (including phenoxy) is 1. The summed E-state index contributed by atoms with van der Waals surface area (Å²) in [6.45, 7) is 0.621. The third-order valence-electron chi connectivity index (χ3n) is 1.11. The quantitative estimate of drug-likeness (QED) is 0.673. The Morgan fingerprint density at radius 3 is 2.08 bits per heavy atom. The Kier molecular flexibility index (Phi) is 2.26. The number of hydrogen-bond acceptors (Lipinski definition) is 1. The Hall–Kier alpha value is -1.19. The van der Waals surface area contributed by atoms with E-state index in [9.17, 15) is 13.2 Å². The molecular formula is C8H7F3O. The van der Waals surface area contributed by atoms with Crippen LogP contribution in [0.5, 0.6) is 5.75 Å². The average molecular weight is 176 g/mol. The molecule has 1 aromatic rings. The van der Waals surface area contributed by atoms with E-state index in [-0.39, 0.29) is 5.75 Å². The number of benzene rings is 1. The van der Waals surface area contributed by atoms with E-state index in [4.69, 9.17) is 0 Å². The molecule has 0 aliphatic heterocycles. The fourth-order valence-electron chi connectivity index (χ4n) is 0.710. The van der Waals surface area contributed by atoms with Crippen molar-refractivity contribution in [1.82, 2.24) is 0 Å². The van der Waals surface area contributed by atoms with Gasteiger partial charge in [-0.1, -0.05) is 0 Å². The third-order valence-corrected chi connectivity index (χ3v) is 1.11. The minimum Gasteiger partial charge on any atom is -0.433 e. The molecule has 12 heavy (non-hydrogen) atoms. The molecule has 0 heterocycles. The van der Waals surface area contributed by atoms with Crippen molar-refractivity contribution in [3.8, 4) is 5.75 Å². The first-order valence-electron chi connectivity index (χ1n) is 3.30. The van der Waals surface area contributed by atoms with Gasteiger partial charge in [0.2, 0.25) is 0 Å². The van der Waals surface area contributed by atoms with Crippen molar-refractivity contribution < 1.29 is 17.9 Å². The van der Waals surface area contributed by atoms with Crippen LogP contribution >= 0.6 is 0 Å².